The lowest BCUT2D eigenvalue weighted by atomic mass is 9.96. The molecule has 4 atom stereocenters. The Morgan fingerprint density at radius 1 is 1.31 bits per heavy atom. The minimum atomic E-state index is -1.31. The highest BCUT2D eigenvalue weighted by molar-refractivity contribution is 6.04. The Labute approximate surface area is 201 Å². The Morgan fingerprint density at radius 3 is 2.69 bits per heavy atom. The number of rotatable bonds is 9. The van der Waals surface area contributed by atoms with E-state index in [2.05, 4.69) is 10.5 Å². The number of amides is 1. The van der Waals surface area contributed by atoms with E-state index in [-0.39, 0.29) is 31.2 Å². The van der Waals surface area contributed by atoms with Gasteiger partial charge in [-0.3, -0.25) is 4.79 Å². The highest BCUT2D eigenvalue weighted by Crippen LogP contribution is 2.29. The number of carbonyl (C=O) groups is 5. The molecular formula is C23H26N2O10. The first kappa shape index (κ1) is 27.3. The van der Waals surface area contributed by atoms with Crippen molar-refractivity contribution >= 4 is 35.6 Å². The summed E-state index contributed by atoms with van der Waals surface area (Å²) >= 11 is 0. The number of hydrogen-bond donors (Lipinski definition) is 2. The molecule has 2 heterocycles. The monoisotopic (exact) mass is 490 g/mol. The van der Waals surface area contributed by atoms with Crippen LogP contribution < -0.4 is 5.48 Å². The second kappa shape index (κ2) is 13.0. The molecule has 0 spiro atoms. The maximum absolute atomic E-state index is 12.4. The van der Waals surface area contributed by atoms with Gasteiger partial charge in [0, 0.05) is 24.5 Å². The molecule has 2 N–H and O–H groups in total. The second-order valence-corrected chi connectivity index (χ2v) is 7.98. The van der Waals surface area contributed by atoms with Crippen molar-refractivity contribution in [3.63, 3.8) is 0 Å². The topological polar surface area (TPSA) is 167 Å². The lowest BCUT2D eigenvalue weighted by Crippen LogP contribution is -2.32. The zero-order chi connectivity index (χ0) is 26.0. The van der Waals surface area contributed by atoms with Crippen molar-refractivity contribution in [3.8, 4) is 12.3 Å². The van der Waals surface area contributed by atoms with Crippen LogP contribution in [0.5, 0.6) is 0 Å². The van der Waals surface area contributed by atoms with Crippen LogP contribution in [0.15, 0.2) is 29.3 Å². The fourth-order valence-electron chi connectivity index (χ4n) is 3.19. The van der Waals surface area contributed by atoms with E-state index in [1.165, 1.54) is 6.08 Å². The molecule has 0 bridgehead atoms. The minimum Gasteiger partial charge on any atom is -0.478 e. The van der Waals surface area contributed by atoms with Gasteiger partial charge in [-0.25, -0.2) is 24.7 Å². The van der Waals surface area contributed by atoms with Crippen LogP contribution in [0.25, 0.3) is 0 Å². The van der Waals surface area contributed by atoms with Crippen molar-refractivity contribution in [2.45, 2.75) is 51.4 Å². The number of carbonyl (C=O) groups excluding carboxylic acids is 4. The van der Waals surface area contributed by atoms with Crippen LogP contribution in [0.2, 0.25) is 0 Å². The first-order chi connectivity index (χ1) is 16.6. The maximum Gasteiger partial charge on any atom is 0.384 e. The maximum atomic E-state index is 12.4. The van der Waals surface area contributed by atoms with Gasteiger partial charge in [-0.2, -0.15) is 4.99 Å². The van der Waals surface area contributed by atoms with Gasteiger partial charge >= 0.3 is 23.9 Å². The van der Waals surface area contributed by atoms with E-state index in [0.29, 0.717) is 12.5 Å². The number of hydroxylamine groups is 1. The summed E-state index contributed by atoms with van der Waals surface area (Å²) in [5.74, 6) is -3.07. The molecular weight excluding hydrogens is 464 g/mol. The molecule has 1 unspecified atom stereocenters. The number of nitrogens with zero attached hydrogens (tertiary/aromatic N) is 1. The highest BCUT2D eigenvalue weighted by Gasteiger charge is 2.38. The molecule has 2 rings (SSSR count). The van der Waals surface area contributed by atoms with Crippen LogP contribution in [-0.2, 0) is 43.0 Å². The van der Waals surface area contributed by atoms with E-state index in [4.69, 9.17) is 30.6 Å². The number of terminal acetylenes is 1. The van der Waals surface area contributed by atoms with Crippen molar-refractivity contribution in [2.24, 2.45) is 16.8 Å². The van der Waals surface area contributed by atoms with Crippen LogP contribution in [0.3, 0.4) is 0 Å². The number of amidine groups is 1. The molecule has 0 aromatic heterocycles. The summed E-state index contributed by atoms with van der Waals surface area (Å²) in [5, 5.41) is 8.66. The van der Waals surface area contributed by atoms with Gasteiger partial charge in [-0.05, 0) is 18.9 Å². The summed E-state index contributed by atoms with van der Waals surface area (Å²) < 4.78 is 16.0. The van der Waals surface area contributed by atoms with Gasteiger partial charge in [0.15, 0.2) is 5.84 Å². The zero-order valence-corrected chi connectivity index (χ0v) is 19.2. The van der Waals surface area contributed by atoms with E-state index in [9.17, 15) is 24.0 Å². The number of ether oxygens (including phenoxy) is 3. The van der Waals surface area contributed by atoms with E-state index in [1.807, 2.05) is 5.92 Å². The zero-order valence-electron chi connectivity index (χ0n) is 19.2. The van der Waals surface area contributed by atoms with Gasteiger partial charge in [-0.15, -0.1) is 6.42 Å². The van der Waals surface area contributed by atoms with Crippen molar-refractivity contribution < 1.29 is 48.1 Å². The van der Waals surface area contributed by atoms with Crippen molar-refractivity contribution in [2.75, 3.05) is 6.61 Å². The van der Waals surface area contributed by atoms with Gasteiger partial charge in [0.25, 0.3) is 5.91 Å². The lowest BCUT2D eigenvalue weighted by molar-refractivity contribution is -0.151. The Hall–Kier alpha value is -3.98. The standard InChI is InChI=1S/C23H26N2O10/c1-4-20(28)32-12-15-11-17(34-21(29)10-9-19(26)27)16(33-15)7-5-14-6-8-18(24-22(14)30)25-35-23(31)13(2)3/h1,6,8-10,13-17H,5,7,11-12H2,2-3H3,(H,26,27)(H,24,25,30)/b10-9-/t14?,15-,16-,17+/m0/s1. The average molecular weight is 490 g/mol. The Kier molecular flexibility index (Phi) is 10.2. The first-order valence-corrected chi connectivity index (χ1v) is 10.8. The van der Waals surface area contributed by atoms with Crippen LogP contribution in [-0.4, -0.2) is 65.6 Å². The van der Waals surface area contributed by atoms with Crippen LogP contribution in [0.4, 0.5) is 0 Å². The van der Waals surface area contributed by atoms with Gasteiger partial charge in [0.1, 0.15) is 12.7 Å². The third-order valence-electron chi connectivity index (χ3n) is 4.95. The van der Waals surface area contributed by atoms with E-state index >= 15 is 0 Å². The fourth-order valence-corrected chi connectivity index (χ4v) is 3.19. The quantitative estimate of drug-likeness (QED) is 0.115. The molecule has 2 aliphatic heterocycles. The number of esters is 2. The molecule has 1 saturated heterocycles. The smallest absolute Gasteiger partial charge is 0.384 e. The first-order valence-electron chi connectivity index (χ1n) is 10.8. The molecule has 0 aliphatic carbocycles. The van der Waals surface area contributed by atoms with Gasteiger partial charge in [0.2, 0.25) is 0 Å². The minimum absolute atomic E-state index is 0.0878. The molecule has 12 heteroatoms. The molecule has 2 aliphatic rings. The molecule has 0 radical (unpaired) electrons. The Bertz CT molecular complexity index is 975. The molecule has 1 fully saturated rings. The summed E-state index contributed by atoms with van der Waals surface area (Å²) in [6, 6.07) is 0. The fraction of sp³-hybridized carbons (Fsp3) is 0.478. The van der Waals surface area contributed by atoms with Crippen LogP contribution in [0.1, 0.15) is 33.1 Å². The molecule has 0 saturated carbocycles. The average Bonchev–Trinajstić information content (AvgIpc) is 3.20. The predicted octanol–water partition coefficient (Wildman–Crippen LogP) is 0.468. The number of dihydropyridines is 1. The number of hydrogen-bond acceptors (Lipinski definition) is 10. The highest BCUT2D eigenvalue weighted by atomic mass is 16.7. The van der Waals surface area contributed by atoms with E-state index in [0.717, 1.165) is 6.08 Å². The summed E-state index contributed by atoms with van der Waals surface area (Å²) in [6.07, 6.45) is 8.20. The van der Waals surface area contributed by atoms with Crippen molar-refractivity contribution in [1.29, 1.82) is 0 Å². The number of carboxylic acids is 1. The molecule has 1 amide bonds. The van der Waals surface area contributed by atoms with Crippen LogP contribution in [0, 0.1) is 24.2 Å². The largest absolute Gasteiger partial charge is 0.478 e. The van der Waals surface area contributed by atoms with Gasteiger partial charge < -0.3 is 24.2 Å². The third-order valence-corrected chi connectivity index (χ3v) is 4.95. The number of nitrogens with one attached hydrogen (secondary N) is 1. The third kappa shape index (κ3) is 9.05. The summed E-state index contributed by atoms with van der Waals surface area (Å²) in [7, 11) is 0. The summed E-state index contributed by atoms with van der Waals surface area (Å²) in [5.41, 5.74) is 2.34. The predicted molar refractivity (Wildman–Crippen MR) is 118 cm³/mol. The van der Waals surface area contributed by atoms with E-state index < -0.39 is 54.0 Å². The van der Waals surface area contributed by atoms with Crippen LogP contribution >= 0.6 is 0 Å². The van der Waals surface area contributed by atoms with Crippen molar-refractivity contribution in [1.82, 2.24) is 5.48 Å². The van der Waals surface area contributed by atoms with Crippen molar-refractivity contribution in [3.05, 3.63) is 24.3 Å². The molecule has 35 heavy (non-hydrogen) atoms. The summed E-state index contributed by atoms with van der Waals surface area (Å²) in [4.78, 5) is 66.4. The number of carboxylic acid groups (broad SMARTS) is 1. The summed E-state index contributed by atoms with van der Waals surface area (Å²) in [6.45, 7) is 3.16. The normalized spacial score (nSPS) is 23.5. The second-order valence-electron chi connectivity index (χ2n) is 7.98. The molecule has 188 valence electrons. The van der Waals surface area contributed by atoms with Gasteiger partial charge in [0.05, 0.1) is 24.0 Å². The SMILES string of the molecule is C#CC(=O)OC[C@@H]1C[C@@H](OC(=O)/C=C\C(=O)O)[C@H](CCC2C=CC(NOC(=O)C(C)C)=NC2=O)O1. The lowest BCUT2D eigenvalue weighted by Gasteiger charge is -2.21. The molecule has 12 nitrogen and oxygen atoms in total. The molecule has 0 aromatic rings. The number of aliphatic carboxylic acids is 1. The Morgan fingerprint density at radius 2 is 2.06 bits per heavy atom. The molecule has 0 aromatic carbocycles. The number of aliphatic imine (C=N–C) groups is 1. The Balaban J connectivity index is 1.95. The van der Waals surface area contributed by atoms with Gasteiger partial charge in [-0.1, -0.05) is 19.9 Å². The van der Waals surface area contributed by atoms with E-state index in [1.54, 1.807) is 19.9 Å².